The van der Waals surface area contributed by atoms with Crippen LogP contribution >= 0.6 is 0 Å². The zero-order chi connectivity index (χ0) is 10.7. The lowest BCUT2D eigenvalue weighted by atomic mass is 9.98. The largest absolute Gasteiger partial charge is 0.0620 e. The predicted octanol–water partition coefficient (Wildman–Crippen LogP) is 4.22. The van der Waals surface area contributed by atoms with Crippen molar-refractivity contribution >= 4 is 0 Å². The highest BCUT2D eigenvalue weighted by molar-refractivity contribution is 5.67. The fraction of sp³-hybridized carbons (Fsp3) is 0.200. The van der Waals surface area contributed by atoms with Crippen molar-refractivity contribution in [2.24, 2.45) is 0 Å². The molecule has 0 unspecified atom stereocenters. The molecule has 0 spiro atoms. The molecule has 76 valence electrons. The Hall–Kier alpha value is -1.56. The molecule has 0 aromatic heterocycles. The Balaban J connectivity index is 2.49. The van der Waals surface area contributed by atoms with Crippen LogP contribution in [0, 0.1) is 6.92 Å². The number of aryl methyl sites for hydroxylation is 2. The van der Waals surface area contributed by atoms with Crippen LogP contribution in [0.5, 0.6) is 0 Å². The molecule has 0 fully saturated rings. The molecule has 0 atom stereocenters. The van der Waals surface area contributed by atoms with Crippen LogP contribution in [0.2, 0.25) is 0 Å². The van der Waals surface area contributed by atoms with E-state index in [1.165, 1.54) is 22.3 Å². The van der Waals surface area contributed by atoms with E-state index in [0.717, 1.165) is 6.42 Å². The smallest absolute Gasteiger partial charge is 0.0155 e. The summed E-state index contributed by atoms with van der Waals surface area (Å²) in [5.41, 5.74) is 5.40. The maximum atomic E-state index is 2.28. The zero-order valence-corrected chi connectivity index (χ0v) is 9.33. The second-order valence-corrected chi connectivity index (χ2v) is 3.87. The Bertz CT molecular complexity index is 455. The van der Waals surface area contributed by atoms with E-state index >= 15 is 0 Å². The average Bonchev–Trinajstić information content (AvgIpc) is 2.30. The third-order valence-corrected chi connectivity index (χ3v) is 2.79. The fourth-order valence-electron chi connectivity index (χ4n) is 1.86. The number of benzene rings is 2. The summed E-state index contributed by atoms with van der Waals surface area (Å²) in [5.74, 6) is 0. The van der Waals surface area contributed by atoms with E-state index in [0.29, 0.717) is 0 Å². The molecule has 2 aromatic rings. The molecule has 0 aliphatic heterocycles. The van der Waals surface area contributed by atoms with Crippen molar-refractivity contribution in [3.05, 3.63) is 59.7 Å². The maximum Gasteiger partial charge on any atom is -0.0155 e. The lowest BCUT2D eigenvalue weighted by Gasteiger charge is -2.07. The predicted molar refractivity (Wildman–Crippen MR) is 66.0 cm³/mol. The standard InChI is InChI=1S/C15H16/c1-3-13-8-6-9-14(11-13)15-10-5-4-7-12(15)2/h4-11H,3H2,1-2H3. The summed E-state index contributed by atoms with van der Waals surface area (Å²) in [5, 5.41) is 0. The Morgan fingerprint density at radius 1 is 0.933 bits per heavy atom. The molecule has 2 rings (SSSR count). The summed E-state index contributed by atoms with van der Waals surface area (Å²) in [6, 6.07) is 17.3. The summed E-state index contributed by atoms with van der Waals surface area (Å²) in [6.07, 6.45) is 1.10. The van der Waals surface area contributed by atoms with E-state index in [-0.39, 0.29) is 0 Å². The molecule has 0 amide bonds. The third-order valence-electron chi connectivity index (χ3n) is 2.79. The van der Waals surface area contributed by atoms with Crippen LogP contribution in [0.3, 0.4) is 0 Å². The van der Waals surface area contributed by atoms with Crippen molar-refractivity contribution in [3.63, 3.8) is 0 Å². The highest BCUT2D eigenvalue weighted by atomic mass is 14.0. The van der Waals surface area contributed by atoms with Crippen LogP contribution in [0.4, 0.5) is 0 Å². The van der Waals surface area contributed by atoms with Crippen molar-refractivity contribution < 1.29 is 0 Å². The van der Waals surface area contributed by atoms with Gasteiger partial charge in [-0.1, -0.05) is 55.5 Å². The lowest BCUT2D eigenvalue weighted by Crippen LogP contribution is -1.85. The topological polar surface area (TPSA) is 0 Å². The Labute approximate surface area is 91.6 Å². The minimum absolute atomic E-state index is 1.10. The van der Waals surface area contributed by atoms with Crippen LogP contribution in [0.25, 0.3) is 11.1 Å². The molecule has 0 heterocycles. The molecule has 0 aliphatic carbocycles. The van der Waals surface area contributed by atoms with E-state index in [4.69, 9.17) is 0 Å². The Morgan fingerprint density at radius 2 is 1.73 bits per heavy atom. The van der Waals surface area contributed by atoms with E-state index in [1.54, 1.807) is 0 Å². The van der Waals surface area contributed by atoms with Gasteiger partial charge in [-0.2, -0.15) is 0 Å². The number of hydrogen-bond acceptors (Lipinski definition) is 0. The summed E-state index contributed by atoms with van der Waals surface area (Å²) >= 11 is 0. The van der Waals surface area contributed by atoms with Gasteiger partial charge in [0.25, 0.3) is 0 Å². The quantitative estimate of drug-likeness (QED) is 0.674. The summed E-state index contributed by atoms with van der Waals surface area (Å²) in [7, 11) is 0. The first kappa shape index (κ1) is 9.97. The number of hydrogen-bond donors (Lipinski definition) is 0. The molecule has 0 bridgehead atoms. The molecule has 15 heavy (non-hydrogen) atoms. The zero-order valence-electron chi connectivity index (χ0n) is 9.33. The average molecular weight is 196 g/mol. The van der Waals surface area contributed by atoms with Gasteiger partial charge in [-0.05, 0) is 35.6 Å². The molecule has 0 aliphatic rings. The SMILES string of the molecule is CCc1cccc(-c2ccccc2C)c1. The lowest BCUT2D eigenvalue weighted by molar-refractivity contribution is 1.14. The first-order valence-corrected chi connectivity index (χ1v) is 5.46. The monoisotopic (exact) mass is 196 g/mol. The molecule has 0 radical (unpaired) electrons. The van der Waals surface area contributed by atoms with Gasteiger partial charge >= 0.3 is 0 Å². The van der Waals surface area contributed by atoms with Crippen LogP contribution in [0.1, 0.15) is 18.1 Å². The maximum absolute atomic E-state index is 2.28. The molecular formula is C15H16. The van der Waals surface area contributed by atoms with Gasteiger partial charge in [0, 0.05) is 0 Å². The molecule has 0 N–H and O–H groups in total. The van der Waals surface area contributed by atoms with Crippen molar-refractivity contribution in [2.75, 3.05) is 0 Å². The molecule has 0 saturated heterocycles. The second-order valence-electron chi connectivity index (χ2n) is 3.87. The second kappa shape index (κ2) is 4.31. The normalized spacial score (nSPS) is 10.3. The van der Waals surface area contributed by atoms with Crippen LogP contribution in [-0.2, 0) is 6.42 Å². The van der Waals surface area contributed by atoms with Gasteiger partial charge in [0.2, 0.25) is 0 Å². The fourth-order valence-corrected chi connectivity index (χ4v) is 1.86. The first-order chi connectivity index (χ1) is 7.31. The molecular weight excluding hydrogens is 180 g/mol. The van der Waals surface area contributed by atoms with E-state index < -0.39 is 0 Å². The summed E-state index contributed by atoms with van der Waals surface area (Å²) in [4.78, 5) is 0. The van der Waals surface area contributed by atoms with E-state index in [9.17, 15) is 0 Å². The van der Waals surface area contributed by atoms with Gasteiger partial charge in [-0.3, -0.25) is 0 Å². The van der Waals surface area contributed by atoms with Gasteiger partial charge in [0.1, 0.15) is 0 Å². The minimum atomic E-state index is 1.10. The summed E-state index contributed by atoms with van der Waals surface area (Å²) in [6.45, 7) is 4.35. The van der Waals surface area contributed by atoms with Gasteiger partial charge in [0.15, 0.2) is 0 Å². The van der Waals surface area contributed by atoms with Gasteiger partial charge in [0.05, 0.1) is 0 Å². The van der Waals surface area contributed by atoms with Crippen molar-refractivity contribution in [1.29, 1.82) is 0 Å². The molecule has 2 aromatic carbocycles. The van der Waals surface area contributed by atoms with Crippen molar-refractivity contribution in [1.82, 2.24) is 0 Å². The highest BCUT2D eigenvalue weighted by Gasteiger charge is 2.00. The first-order valence-electron chi connectivity index (χ1n) is 5.46. The highest BCUT2D eigenvalue weighted by Crippen LogP contribution is 2.23. The van der Waals surface area contributed by atoms with Crippen LogP contribution in [0.15, 0.2) is 48.5 Å². The van der Waals surface area contributed by atoms with E-state index in [2.05, 4.69) is 62.4 Å². The minimum Gasteiger partial charge on any atom is -0.0620 e. The van der Waals surface area contributed by atoms with Crippen LogP contribution < -0.4 is 0 Å². The third kappa shape index (κ3) is 2.10. The number of rotatable bonds is 2. The van der Waals surface area contributed by atoms with E-state index in [1.807, 2.05) is 0 Å². The van der Waals surface area contributed by atoms with Gasteiger partial charge in [-0.25, -0.2) is 0 Å². The van der Waals surface area contributed by atoms with Crippen molar-refractivity contribution in [2.45, 2.75) is 20.3 Å². The molecule has 0 heteroatoms. The van der Waals surface area contributed by atoms with Gasteiger partial charge in [-0.15, -0.1) is 0 Å². The van der Waals surface area contributed by atoms with Crippen molar-refractivity contribution in [3.8, 4) is 11.1 Å². The molecule has 0 saturated carbocycles. The Morgan fingerprint density at radius 3 is 2.47 bits per heavy atom. The van der Waals surface area contributed by atoms with Crippen LogP contribution in [-0.4, -0.2) is 0 Å². The summed E-state index contributed by atoms with van der Waals surface area (Å²) < 4.78 is 0. The Kier molecular flexibility index (Phi) is 2.86. The molecule has 0 nitrogen and oxygen atoms in total. The van der Waals surface area contributed by atoms with Gasteiger partial charge < -0.3 is 0 Å².